The molecule has 0 fully saturated rings. The molecule has 0 aliphatic heterocycles. The van der Waals surface area contributed by atoms with Crippen LogP contribution in [0.15, 0.2) is 91.0 Å². The molecular formula is C22H24ClP. The van der Waals surface area contributed by atoms with E-state index < -0.39 is 7.92 Å². The molecule has 2 heteroatoms. The van der Waals surface area contributed by atoms with Crippen LogP contribution in [0.4, 0.5) is 0 Å². The van der Waals surface area contributed by atoms with Crippen LogP contribution in [0.1, 0.15) is 19.8 Å². The third kappa shape index (κ3) is 5.78. The summed E-state index contributed by atoms with van der Waals surface area (Å²) in [6.07, 6.45) is 2.37. The summed E-state index contributed by atoms with van der Waals surface area (Å²) in [7, 11) is -0.446. The molecule has 0 saturated heterocycles. The third-order valence-corrected chi connectivity index (χ3v) is 6.24. The second-order valence-electron chi connectivity index (χ2n) is 5.38. The number of rotatable bonds is 5. The van der Waals surface area contributed by atoms with E-state index in [2.05, 4.69) is 97.9 Å². The van der Waals surface area contributed by atoms with E-state index in [0.29, 0.717) is 0 Å². The molecule has 3 aromatic carbocycles. The van der Waals surface area contributed by atoms with Crippen molar-refractivity contribution >= 4 is 35.4 Å². The van der Waals surface area contributed by atoms with Gasteiger partial charge in [-0.1, -0.05) is 104 Å². The third-order valence-electron chi connectivity index (χ3n) is 3.53. The van der Waals surface area contributed by atoms with Crippen molar-refractivity contribution in [3.8, 4) is 0 Å². The highest BCUT2D eigenvalue weighted by Crippen LogP contribution is 2.32. The van der Waals surface area contributed by atoms with Gasteiger partial charge in [-0.25, -0.2) is 0 Å². The summed E-state index contributed by atoms with van der Waals surface area (Å²) >= 11 is 5.30. The highest BCUT2D eigenvalue weighted by atomic mass is 35.5. The number of unbranched alkanes of at least 4 members (excludes halogenated alkanes) is 1. The minimum absolute atomic E-state index is 0.446. The fraction of sp³-hybridized carbons (Fsp3) is 0.182. The average Bonchev–Trinajstić information content (AvgIpc) is 2.66. The first kappa shape index (κ1) is 18.7. The number of halogens is 1. The Morgan fingerprint density at radius 2 is 0.958 bits per heavy atom. The Hall–Kier alpha value is -1.62. The van der Waals surface area contributed by atoms with Crippen LogP contribution in [0.5, 0.6) is 0 Å². The van der Waals surface area contributed by atoms with E-state index in [9.17, 15) is 0 Å². The van der Waals surface area contributed by atoms with Gasteiger partial charge in [0.1, 0.15) is 0 Å². The van der Waals surface area contributed by atoms with E-state index in [1.165, 1.54) is 22.3 Å². The van der Waals surface area contributed by atoms with E-state index in [-0.39, 0.29) is 0 Å². The first-order valence-electron chi connectivity index (χ1n) is 8.38. The van der Waals surface area contributed by atoms with Crippen LogP contribution in [-0.2, 0) is 0 Å². The van der Waals surface area contributed by atoms with E-state index in [1.54, 1.807) is 0 Å². The highest BCUT2D eigenvalue weighted by Gasteiger charge is 2.14. The SMILES string of the molecule is CCCCCl.c1ccc(P(c2ccccc2)c2ccccc2)cc1. The summed E-state index contributed by atoms with van der Waals surface area (Å²) < 4.78 is 0. The lowest BCUT2D eigenvalue weighted by molar-refractivity contribution is 0.892. The zero-order valence-electron chi connectivity index (χ0n) is 14.1. The molecule has 0 saturated carbocycles. The Morgan fingerprint density at radius 3 is 1.17 bits per heavy atom. The molecule has 0 atom stereocenters. The zero-order chi connectivity index (χ0) is 17.0. The molecule has 0 radical (unpaired) electrons. The first-order chi connectivity index (χ1) is 11.9. The standard InChI is InChI=1S/C18H15P.C4H9Cl/c1-4-10-16(11-5-1)19(17-12-6-2-7-13-17)18-14-8-3-9-15-18;1-2-3-4-5/h1-15H;2-4H2,1H3. The van der Waals surface area contributed by atoms with Gasteiger partial charge < -0.3 is 0 Å². The summed E-state index contributed by atoms with van der Waals surface area (Å²) in [4.78, 5) is 0. The van der Waals surface area contributed by atoms with Gasteiger partial charge in [-0.3, -0.25) is 0 Å². The Labute approximate surface area is 152 Å². The van der Waals surface area contributed by atoms with Gasteiger partial charge in [-0.05, 0) is 30.3 Å². The second-order valence-corrected chi connectivity index (χ2v) is 7.98. The second kappa shape index (κ2) is 11.0. The molecule has 0 heterocycles. The van der Waals surface area contributed by atoms with Gasteiger partial charge in [0.15, 0.2) is 0 Å². The smallest absolute Gasteiger partial charge is 0.0223 e. The maximum absolute atomic E-state index is 5.30. The topological polar surface area (TPSA) is 0 Å². The lowest BCUT2D eigenvalue weighted by Crippen LogP contribution is -2.20. The van der Waals surface area contributed by atoms with Crippen molar-refractivity contribution in [2.24, 2.45) is 0 Å². The molecule has 0 unspecified atom stereocenters. The largest absolute Gasteiger partial charge is 0.127 e. The molecule has 0 nitrogen and oxygen atoms in total. The molecule has 24 heavy (non-hydrogen) atoms. The van der Waals surface area contributed by atoms with Crippen LogP contribution in [0, 0.1) is 0 Å². The monoisotopic (exact) mass is 354 g/mol. The number of hydrogen-bond acceptors (Lipinski definition) is 0. The minimum Gasteiger partial charge on any atom is -0.127 e. The van der Waals surface area contributed by atoms with Crippen LogP contribution >= 0.6 is 19.5 Å². The van der Waals surface area contributed by atoms with Crippen LogP contribution in [0.3, 0.4) is 0 Å². The fourth-order valence-electron chi connectivity index (χ4n) is 2.31. The Kier molecular flexibility index (Phi) is 8.60. The van der Waals surface area contributed by atoms with Gasteiger partial charge in [0.05, 0.1) is 0 Å². The summed E-state index contributed by atoms with van der Waals surface area (Å²) in [6.45, 7) is 2.13. The van der Waals surface area contributed by atoms with Crippen LogP contribution in [0.2, 0.25) is 0 Å². The minimum atomic E-state index is -0.446. The molecule has 0 aliphatic carbocycles. The zero-order valence-corrected chi connectivity index (χ0v) is 15.8. The van der Waals surface area contributed by atoms with Crippen molar-refractivity contribution in [2.75, 3.05) is 5.88 Å². The Balaban J connectivity index is 0.000000368. The molecule has 124 valence electrons. The van der Waals surface area contributed by atoms with Crippen molar-refractivity contribution in [2.45, 2.75) is 19.8 Å². The van der Waals surface area contributed by atoms with Crippen molar-refractivity contribution in [1.82, 2.24) is 0 Å². The molecule has 0 aromatic heterocycles. The van der Waals surface area contributed by atoms with Crippen molar-refractivity contribution < 1.29 is 0 Å². The maximum Gasteiger partial charge on any atom is 0.0223 e. The summed E-state index contributed by atoms with van der Waals surface area (Å²) in [6, 6.07) is 32.3. The molecule has 0 aliphatic rings. The molecule has 0 spiro atoms. The van der Waals surface area contributed by atoms with Crippen molar-refractivity contribution in [3.63, 3.8) is 0 Å². The fourth-order valence-corrected chi connectivity index (χ4v) is 4.88. The van der Waals surface area contributed by atoms with E-state index >= 15 is 0 Å². The van der Waals surface area contributed by atoms with E-state index in [1.807, 2.05) is 0 Å². The normalized spacial score (nSPS) is 10.1. The number of benzene rings is 3. The Morgan fingerprint density at radius 1 is 0.625 bits per heavy atom. The lowest BCUT2D eigenvalue weighted by Gasteiger charge is -2.18. The predicted molar refractivity (Wildman–Crippen MR) is 111 cm³/mol. The quantitative estimate of drug-likeness (QED) is 0.421. The molecule has 3 aromatic rings. The lowest BCUT2D eigenvalue weighted by atomic mass is 10.4. The number of hydrogen-bond donors (Lipinski definition) is 0. The van der Waals surface area contributed by atoms with E-state index in [4.69, 9.17) is 11.6 Å². The molecular weight excluding hydrogens is 331 g/mol. The highest BCUT2D eigenvalue weighted by molar-refractivity contribution is 7.79. The maximum atomic E-state index is 5.30. The van der Waals surface area contributed by atoms with Gasteiger partial charge in [0, 0.05) is 5.88 Å². The van der Waals surface area contributed by atoms with Gasteiger partial charge in [-0.15, -0.1) is 11.6 Å². The van der Waals surface area contributed by atoms with Crippen molar-refractivity contribution in [3.05, 3.63) is 91.0 Å². The van der Waals surface area contributed by atoms with Gasteiger partial charge >= 0.3 is 0 Å². The molecule has 3 rings (SSSR count). The van der Waals surface area contributed by atoms with Crippen molar-refractivity contribution in [1.29, 1.82) is 0 Å². The Bertz CT molecular complexity index is 572. The van der Waals surface area contributed by atoms with Crippen LogP contribution < -0.4 is 15.9 Å². The molecule has 0 bridgehead atoms. The van der Waals surface area contributed by atoms with Gasteiger partial charge in [0.25, 0.3) is 0 Å². The van der Waals surface area contributed by atoms with Crippen LogP contribution in [0.25, 0.3) is 0 Å². The van der Waals surface area contributed by atoms with E-state index in [0.717, 1.165) is 12.3 Å². The molecule has 0 amide bonds. The van der Waals surface area contributed by atoms with Gasteiger partial charge in [-0.2, -0.15) is 0 Å². The van der Waals surface area contributed by atoms with Crippen LogP contribution in [-0.4, -0.2) is 5.88 Å². The molecule has 0 N–H and O–H groups in total. The van der Waals surface area contributed by atoms with Gasteiger partial charge in [0.2, 0.25) is 0 Å². The summed E-state index contributed by atoms with van der Waals surface area (Å²) in [5, 5.41) is 4.19. The predicted octanol–water partition coefficient (Wildman–Crippen LogP) is 5.47. The average molecular weight is 355 g/mol. The number of alkyl halides is 1. The summed E-state index contributed by atoms with van der Waals surface area (Å²) in [5.74, 6) is 0.816. The first-order valence-corrected chi connectivity index (χ1v) is 10.3. The summed E-state index contributed by atoms with van der Waals surface area (Å²) in [5.41, 5.74) is 0.